The van der Waals surface area contributed by atoms with Gasteiger partial charge in [-0.3, -0.25) is 0 Å². The van der Waals surface area contributed by atoms with Crippen molar-refractivity contribution in [2.45, 2.75) is 167 Å². The maximum absolute atomic E-state index is 10.1. The van der Waals surface area contributed by atoms with E-state index in [0.717, 1.165) is 38.5 Å². The molecule has 0 saturated carbocycles. The number of rotatable bonds is 26. The van der Waals surface area contributed by atoms with E-state index >= 15 is 0 Å². The summed E-state index contributed by atoms with van der Waals surface area (Å²) in [6.07, 6.45) is 26.6. The van der Waals surface area contributed by atoms with Crippen molar-refractivity contribution in [2.24, 2.45) is 0 Å². The molecule has 0 saturated heterocycles. The summed E-state index contributed by atoms with van der Waals surface area (Å²) >= 11 is 0. The van der Waals surface area contributed by atoms with Crippen LogP contribution >= 0.6 is 0 Å². The van der Waals surface area contributed by atoms with E-state index in [9.17, 15) is 10.2 Å². The maximum atomic E-state index is 10.1. The first-order valence-corrected chi connectivity index (χ1v) is 14.1. The molecule has 0 aromatic rings. The second-order valence-corrected chi connectivity index (χ2v) is 9.73. The van der Waals surface area contributed by atoms with Crippen LogP contribution in [-0.2, 0) is 4.74 Å². The van der Waals surface area contributed by atoms with E-state index in [1.165, 1.54) is 103 Å². The molecule has 0 fully saturated rings. The summed E-state index contributed by atoms with van der Waals surface area (Å²) in [5.74, 6) is 0. The molecule has 2 unspecified atom stereocenters. The van der Waals surface area contributed by atoms with Gasteiger partial charge in [0.15, 0.2) is 0 Å². The van der Waals surface area contributed by atoms with Crippen LogP contribution in [0.2, 0.25) is 0 Å². The smallest absolute Gasteiger partial charge is 0.0562 e. The minimum atomic E-state index is -0.226. The van der Waals surface area contributed by atoms with Crippen molar-refractivity contribution < 1.29 is 14.9 Å². The Kier molecular flexibility index (Phi) is 26.0. The van der Waals surface area contributed by atoms with E-state index in [1.54, 1.807) is 0 Å². The molecular formula is C28H58O3. The lowest BCUT2D eigenvalue weighted by Crippen LogP contribution is -2.14. The molecule has 3 heteroatoms. The fourth-order valence-corrected chi connectivity index (χ4v) is 4.21. The third-order valence-corrected chi connectivity index (χ3v) is 6.47. The van der Waals surface area contributed by atoms with Crippen LogP contribution < -0.4 is 0 Å². The Hall–Kier alpha value is -0.120. The van der Waals surface area contributed by atoms with Gasteiger partial charge in [0, 0.05) is 13.2 Å². The SMILES string of the molecule is CCCCCCCCCCCC(O)CCOCCC(O)CCCCCCCCCCC. The Morgan fingerprint density at radius 1 is 0.419 bits per heavy atom. The van der Waals surface area contributed by atoms with E-state index in [4.69, 9.17) is 4.74 Å². The Morgan fingerprint density at radius 3 is 1.03 bits per heavy atom. The lowest BCUT2D eigenvalue weighted by atomic mass is 10.0. The van der Waals surface area contributed by atoms with E-state index in [0.29, 0.717) is 13.2 Å². The van der Waals surface area contributed by atoms with E-state index < -0.39 is 0 Å². The van der Waals surface area contributed by atoms with Gasteiger partial charge in [-0.2, -0.15) is 0 Å². The van der Waals surface area contributed by atoms with Crippen LogP contribution in [0, 0.1) is 0 Å². The van der Waals surface area contributed by atoms with Crippen LogP contribution in [0.4, 0.5) is 0 Å². The first-order valence-electron chi connectivity index (χ1n) is 14.1. The lowest BCUT2D eigenvalue weighted by Gasteiger charge is -2.13. The highest BCUT2D eigenvalue weighted by Crippen LogP contribution is 2.14. The van der Waals surface area contributed by atoms with Gasteiger partial charge in [-0.15, -0.1) is 0 Å². The normalized spacial score (nSPS) is 13.5. The van der Waals surface area contributed by atoms with Crippen molar-refractivity contribution in [3.05, 3.63) is 0 Å². The lowest BCUT2D eigenvalue weighted by molar-refractivity contribution is 0.0522. The molecule has 0 aliphatic carbocycles. The number of aliphatic hydroxyl groups is 2. The third kappa shape index (κ3) is 26.0. The van der Waals surface area contributed by atoms with Gasteiger partial charge in [-0.05, 0) is 25.7 Å². The van der Waals surface area contributed by atoms with Crippen molar-refractivity contribution >= 4 is 0 Å². The number of hydrogen-bond acceptors (Lipinski definition) is 3. The molecule has 0 aliphatic heterocycles. The van der Waals surface area contributed by atoms with Crippen LogP contribution in [0.25, 0.3) is 0 Å². The van der Waals surface area contributed by atoms with Gasteiger partial charge in [0.05, 0.1) is 12.2 Å². The van der Waals surface area contributed by atoms with Crippen molar-refractivity contribution in [3.8, 4) is 0 Å². The zero-order valence-corrected chi connectivity index (χ0v) is 21.4. The molecule has 3 nitrogen and oxygen atoms in total. The molecule has 0 aromatic heterocycles. The summed E-state index contributed by atoms with van der Waals surface area (Å²) in [5, 5.41) is 20.2. The molecule has 31 heavy (non-hydrogen) atoms. The van der Waals surface area contributed by atoms with E-state index in [1.807, 2.05) is 0 Å². The minimum absolute atomic E-state index is 0.226. The summed E-state index contributed by atoms with van der Waals surface area (Å²) < 4.78 is 5.64. The third-order valence-electron chi connectivity index (χ3n) is 6.47. The van der Waals surface area contributed by atoms with Gasteiger partial charge in [0.25, 0.3) is 0 Å². The molecule has 0 rings (SSSR count). The van der Waals surface area contributed by atoms with E-state index in [-0.39, 0.29) is 12.2 Å². The van der Waals surface area contributed by atoms with Crippen LogP contribution in [-0.4, -0.2) is 35.6 Å². The molecular weight excluding hydrogens is 384 g/mol. The van der Waals surface area contributed by atoms with Gasteiger partial charge < -0.3 is 14.9 Å². The molecule has 0 bridgehead atoms. The average molecular weight is 443 g/mol. The summed E-state index contributed by atoms with van der Waals surface area (Å²) in [7, 11) is 0. The minimum Gasteiger partial charge on any atom is -0.393 e. The van der Waals surface area contributed by atoms with E-state index in [2.05, 4.69) is 13.8 Å². The van der Waals surface area contributed by atoms with Crippen molar-refractivity contribution in [1.29, 1.82) is 0 Å². The summed E-state index contributed by atoms with van der Waals surface area (Å²) in [6, 6.07) is 0. The predicted molar refractivity (Wildman–Crippen MR) is 136 cm³/mol. The fourth-order valence-electron chi connectivity index (χ4n) is 4.21. The second-order valence-electron chi connectivity index (χ2n) is 9.73. The standard InChI is InChI=1S/C28H58O3/c1-3-5-7-9-11-13-15-17-19-21-27(29)23-25-31-26-24-28(30)22-20-18-16-14-12-10-8-6-4-2/h27-30H,3-26H2,1-2H3. The van der Waals surface area contributed by atoms with Gasteiger partial charge in [0.1, 0.15) is 0 Å². The molecule has 188 valence electrons. The summed E-state index contributed by atoms with van der Waals surface area (Å²) in [5.41, 5.74) is 0. The largest absolute Gasteiger partial charge is 0.393 e. The fraction of sp³-hybridized carbons (Fsp3) is 1.00. The van der Waals surface area contributed by atoms with Gasteiger partial charge >= 0.3 is 0 Å². The molecule has 0 aliphatic rings. The van der Waals surface area contributed by atoms with Crippen LogP contribution in [0.15, 0.2) is 0 Å². The highest BCUT2D eigenvalue weighted by atomic mass is 16.5. The Balaban J connectivity index is 3.26. The molecule has 2 N–H and O–H groups in total. The summed E-state index contributed by atoms with van der Waals surface area (Å²) in [6.45, 7) is 5.75. The molecule has 0 spiro atoms. The zero-order chi connectivity index (χ0) is 22.8. The Morgan fingerprint density at radius 2 is 0.710 bits per heavy atom. The number of ether oxygens (including phenoxy) is 1. The topological polar surface area (TPSA) is 49.7 Å². The molecule has 0 aromatic carbocycles. The Bertz CT molecular complexity index is 291. The highest BCUT2D eigenvalue weighted by molar-refractivity contribution is 4.59. The second kappa shape index (κ2) is 26.1. The number of unbranched alkanes of at least 4 members (excludes halogenated alkanes) is 16. The molecule has 0 heterocycles. The Labute approximate surface area is 195 Å². The number of aliphatic hydroxyl groups excluding tert-OH is 2. The van der Waals surface area contributed by atoms with Crippen molar-refractivity contribution in [2.75, 3.05) is 13.2 Å². The average Bonchev–Trinajstić information content (AvgIpc) is 2.76. The van der Waals surface area contributed by atoms with Gasteiger partial charge in [-0.25, -0.2) is 0 Å². The molecule has 0 amide bonds. The quantitative estimate of drug-likeness (QED) is 0.132. The van der Waals surface area contributed by atoms with Crippen molar-refractivity contribution in [1.82, 2.24) is 0 Å². The maximum Gasteiger partial charge on any atom is 0.0562 e. The highest BCUT2D eigenvalue weighted by Gasteiger charge is 2.06. The first kappa shape index (κ1) is 30.9. The van der Waals surface area contributed by atoms with Crippen LogP contribution in [0.1, 0.15) is 155 Å². The first-order chi connectivity index (χ1) is 15.2. The zero-order valence-electron chi connectivity index (χ0n) is 21.4. The summed E-state index contributed by atoms with van der Waals surface area (Å²) in [4.78, 5) is 0. The van der Waals surface area contributed by atoms with Gasteiger partial charge in [-0.1, -0.05) is 129 Å². The predicted octanol–water partition coefficient (Wildman–Crippen LogP) is 8.35. The monoisotopic (exact) mass is 442 g/mol. The number of hydrogen-bond donors (Lipinski definition) is 2. The van der Waals surface area contributed by atoms with Crippen LogP contribution in [0.3, 0.4) is 0 Å². The molecule has 2 atom stereocenters. The van der Waals surface area contributed by atoms with Crippen molar-refractivity contribution in [3.63, 3.8) is 0 Å². The van der Waals surface area contributed by atoms with Gasteiger partial charge in [0.2, 0.25) is 0 Å². The molecule has 0 radical (unpaired) electrons. The van der Waals surface area contributed by atoms with Crippen LogP contribution in [0.5, 0.6) is 0 Å².